The van der Waals surface area contributed by atoms with Crippen LogP contribution in [0.5, 0.6) is 5.75 Å². The molecule has 0 bridgehead atoms. The predicted octanol–water partition coefficient (Wildman–Crippen LogP) is 3.60. The van der Waals surface area contributed by atoms with Crippen LogP contribution in [-0.4, -0.2) is 40.5 Å². The molecule has 2 heterocycles. The van der Waals surface area contributed by atoms with E-state index in [1.165, 1.54) is 19.4 Å². The van der Waals surface area contributed by atoms with E-state index in [1.807, 2.05) is 0 Å². The molecule has 35 heavy (non-hydrogen) atoms. The van der Waals surface area contributed by atoms with Crippen molar-refractivity contribution in [2.75, 3.05) is 24.4 Å². The van der Waals surface area contributed by atoms with E-state index in [1.54, 1.807) is 6.92 Å². The highest BCUT2D eigenvalue weighted by molar-refractivity contribution is 6.01. The number of rotatable bonds is 9. The maximum absolute atomic E-state index is 14.6. The number of aromatic nitrogens is 3. The van der Waals surface area contributed by atoms with Crippen molar-refractivity contribution in [3.8, 4) is 17.1 Å². The second-order valence-corrected chi connectivity index (χ2v) is 7.63. The number of ether oxygens (including phenoxy) is 1. The van der Waals surface area contributed by atoms with Crippen molar-refractivity contribution in [3.63, 3.8) is 0 Å². The van der Waals surface area contributed by atoms with Gasteiger partial charge in [-0.05, 0) is 25.8 Å². The molecule has 2 aromatic heterocycles. The van der Waals surface area contributed by atoms with Crippen molar-refractivity contribution in [3.05, 3.63) is 54.0 Å². The quantitative estimate of drug-likeness (QED) is 0.393. The van der Waals surface area contributed by atoms with Gasteiger partial charge in [0.15, 0.2) is 17.4 Å². The van der Waals surface area contributed by atoms with Crippen molar-refractivity contribution in [1.29, 1.82) is 0 Å². The molecule has 1 aliphatic rings. The number of methoxy groups -OCH3 is 1. The zero-order valence-corrected chi connectivity index (χ0v) is 18.9. The van der Waals surface area contributed by atoms with Gasteiger partial charge in [-0.3, -0.25) is 14.4 Å². The molecule has 1 aromatic carbocycles. The van der Waals surface area contributed by atoms with Crippen LogP contribution in [0.4, 0.5) is 26.0 Å². The number of benzene rings is 1. The Morgan fingerprint density at radius 2 is 1.77 bits per heavy atom. The van der Waals surface area contributed by atoms with E-state index in [9.17, 15) is 18.4 Å². The fourth-order valence-electron chi connectivity index (χ4n) is 3.24. The Kier molecular flexibility index (Phi) is 7.11. The molecular formula is C23H22F2N6O4. The van der Waals surface area contributed by atoms with Gasteiger partial charge in [0.2, 0.25) is 5.91 Å². The van der Waals surface area contributed by atoms with Crippen molar-refractivity contribution in [2.24, 2.45) is 5.92 Å². The number of hydrogen-bond donors (Lipinski definition) is 3. The average Bonchev–Trinajstić information content (AvgIpc) is 3.69. The number of pyridine rings is 1. The van der Waals surface area contributed by atoms with Gasteiger partial charge < -0.3 is 15.4 Å². The lowest BCUT2D eigenvalue weighted by atomic mass is 10.1. The van der Waals surface area contributed by atoms with Crippen molar-refractivity contribution >= 4 is 29.0 Å². The van der Waals surface area contributed by atoms with Crippen molar-refractivity contribution in [1.82, 2.24) is 20.4 Å². The molecule has 1 saturated carbocycles. The molecular weight excluding hydrogens is 462 g/mol. The Morgan fingerprint density at radius 3 is 2.43 bits per heavy atom. The highest BCUT2D eigenvalue weighted by Gasteiger charge is 2.30. The molecule has 182 valence electrons. The van der Waals surface area contributed by atoms with Gasteiger partial charge in [0.05, 0.1) is 48.6 Å². The first kappa shape index (κ1) is 24.0. The second kappa shape index (κ2) is 10.4. The Morgan fingerprint density at radius 1 is 1.03 bits per heavy atom. The highest BCUT2D eigenvalue weighted by Crippen LogP contribution is 2.38. The summed E-state index contributed by atoms with van der Waals surface area (Å²) >= 11 is 0. The molecule has 0 radical (unpaired) electrons. The first-order valence-corrected chi connectivity index (χ1v) is 10.7. The summed E-state index contributed by atoms with van der Waals surface area (Å²) in [5.74, 6) is -1.77. The first-order chi connectivity index (χ1) is 16.9. The summed E-state index contributed by atoms with van der Waals surface area (Å²) < 4.78 is 33.4. The van der Waals surface area contributed by atoms with Crippen LogP contribution in [0.2, 0.25) is 0 Å². The van der Waals surface area contributed by atoms with E-state index in [-0.39, 0.29) is 58.3 Å². The lowest BCUT2D eigenvalue weighted by molar-refractivity contribution is -0.117. The topological polar surface area (TPSA) is 127 Å². The number of hydrogen-bond acceptors (Lipinski definition) is 8. The van der Waals surface area contributed by atoms with Crippen LogP contribution in [0.25, 0.3) is 11.4 Å². The maximum atomic E-state index is 14.6. The minimum Gasteiger partial charge on any atom is -0.494 e. The molecule has 3 aromatic rings. The third-order valence-electron chi connectivity index (χ3n) is 5.05. The van der Waals surface area contributed by atoms with Crippen LogP contribution < -0.4 is 20.9 Å². The molecule has 1 fully saturated rings. The molecule has 0 aliphatic heterocycles. The number of carbonyl (C=O) groups excluding carboxylic acids is 2. The Hall–Kier alpha value is -4.19. The summed E-state index contributed by atoms with van der Waals surface area (Å²) in [6, 6.07) is 3.74. The fraction of sp³-hybridized carbons (Fsp3) is 0.261. The van der Waals surface area contributed by atoms with E-state index >= 15 is 0 Å². The minimum atomic E-state index is -0.659. The summed E-state index contributed by atoms with van der Waals surface area (Å²) in [5, 5.41) is 5.68. The van der Waals surface area contributed by atoms with Crippen LogP contribution in [0.15, 0.2) is 36.8 Å². The van der Waals surface area contributed by atoms with Gasteiger partial charge in [0.1, 0.15) is 11.6 Å². The Labute approximate surface area is 199 Å². The number of anilines is 3. The summed E-state index contributed by atoms with van der Waals surface area (Å²) in [6.07, 6.45) is 4.78. The number of carbonyl (C=O) groups is 2. The number of amides is 2. The molecule has 0 atom stereocenters. The molecule has 0 spiro atoms. The Balaban J connectivity index is 1.74. The number of nitrogens with one attached hydrogen (secondary N) is 3. The Bertz CT molecular complexity index is 1250. The third-order valence-corrected chi connectivity index (χ3v) is 5.05. The van der Waals surface area contributed by atoms with Crippen molar-refractivity contribution < 1.29 is 27.9 Å². The molecule has 2 amide bonds. The number of hydroxylamine groups is 1. The summed E-state index contributed by atoms with van der Waals surface area (Å²) in [7, 11) is 1.36. The molecule has 3 N–H and O–H groups in total. The van der Waals surface area contributed by atoms with Crippen LogP contribution in [0, 0.1) is 17.6 Å². The van der Waals surface area contributed by atoms with E-state index in [4.69, 9.17) is 9.57 Å². The zero-order chi connectivity index (χ0) is 24.9. The average molecular weight is 484 g/mol. The lowest BCUT2D eigenvalue weighted by Gasteiger charge is -2.17. The third kappa shape index (κ3) is 5.66. The smallest absolute Gasteiger partial charge is 0.278 e. The molecule has 1 aliphatic carbocycles. The van der Waals surface area contributed by atoms with Crippen LogP contribution in [0.1, 0.15) is 30.1 Å². The van der Waals surface area contributed by atoms with E-state index in [0.717, 1.165) is 37.4 Å². The minimum absolute atomic E-state index is 0.0345. The van der Waals surface area contributed by atoms with Crippen LogP contribution >= 0.6 is 0 Å². The standard InChI is InChI=1S/C23H22F2N6O4/c1-3-35-31-23(33)16-11-26-19(30-22(32)12-4-5-12)8-17(16)29-18-7-13(24)6-15(20(18)34-2)21-27-9-14(25)10-28-21/h6-12H,3-5H2,1-2H3,(H,31,33)(H2,26,29,30,32). The SMILES string of the molecule is CCONC(=O)c1cnc(NC(=O)C2CC2)cc1Nc1cc(F)cc(-c2ncc(F)cn2)c1OC. The zero-order valence-electron chi connectivity index (χ0n) is 18.9. The summed E-state index contributed by atoms with van der Waals surface area (Å²) in [6.45, 7) is 1.93. The normalized spacial score (nSPS) is 12.7. The molecule has 12 heteroatoms. The molecule has 0 saturated heterocycles. The van der Waals surface area contributed by atoms with Crippen molar-refractivity contribution in [2.45, 2.75) is 19.8 Å². The van der Waals surface area contributed by atoms with Gasteiger partial charge in [-0.25, -0.2) is 29.2 Å². The van der Waals surface area contributed by atoms with Gasteiger partial charge in [-0.1, -0.05) is 0 Å². The monoisotopic (exact) mass is 484 g/mol. The number of nitrogens with zero attached hydrogens (tertiary/aromatic N) is 3. The fourth-order valence-corrected chi connectivity index (χ4v) is 3.24. The van der Waals surface area contributed by atoms with Crippen LogP contribution in [-0.2, 0) is 9.63 Å². The second-order valence-electron chi connectivity index (χ2n) is 7.63. The highest BCUT2D eigenvalue weighted by atomic mass is 19.1. The van der Waals surface area contributed by atoms with Crippen LogP contribution in [0.3, 0.4) is 0 Å². The molecule has 0 unspecified atom stereocenters. The first-order valence-electron chi connectivity index (χ1n) is 10.7. The predicted molar refractivity (Wildman–Crippen MR) is 122 cm³/mol. The number of halogens is 2. The van der Waals surface area contributed by atoms with E-state index in [0.29, 0.717) is 0 Å². The van der Waals surface area contributed by atoms with E-state index < -0.39 is 17.5 Å². The largest absolute Gasteiger partial charge is 0.494 e. The van der Waals surface area contributed by atoms with Gasteiger partial charge in [-0.15, -0.1) is 0 Å². The molecule has 10 nitrogen and oxygen atoms in total. The van der Waals surface area contributed by atoms with Gasteiger partial charge in [0.25, 0.3) is 5.91 Å². The van der Waals surface area contributed by atoms with Gasteiger partial charge in [0, 0.05) is 24.2 Å². The summed E-state index contributed by atoms with van der Waals surface area (Å²) in [4.78, 5) is 41.8. The van der Waals surface area contributed by atoms with Gasteiger partial charge in [-0.2, -0.15) is 0 Å². The maximum Gasteiger partial charge on any atom is 0.278 e. The van der Waals surface area contributed by atoms with Gasteiger partial charge >= 0.3 is 0 Å². The van der Waals surface area contributed by atoms with E-state index in [2.05, 4.69) is 31.1 Å². The lowest BCUT2D eigenvalue weighted by Crippen LogP contribution is -2.25. The molecule has 4 rings (SSSR count). The summed E-state index contributed by atoms with van der Waals surface area (Å²) in [5.41, 5.74) is 2.83.